The summed E-state index contributed by atoms with van der Waals surface area (Å²) in [6.07, 6.45) is 4.64. The van der Waals surface area contributed by atoms with E-state index in [1.54, 1.807) is 0 Å². The molecule has 0 N–H and O–H groups in total. The molecule has 0 radical (unpaired) electrons. The molecule has 0 saturated heterocycles. The van der Waals surface area contributed by atoms with Crippen LogP contribution < -0.4 is 0 Å². The van der Waals surface area contributed by atoms with Gasteiger partial charge in [-0.05, 0) is 0 Å². The first-order valence-electron chi connectivity index (χ1n) is 9.46. The fourth-order valence-electron chi connectivity index (χ4n) is 3.62. The first-order valence-corrected chi connectivity index (χ1v) is 9.46. The Hall–Kier alpha value is -1.22. The predicted octanol–water partition coefficient (Wildman–Crippen LogP) is 6.49. The number of allylic oxidation sites excluding steroid dienone is 1. The van der Waals surface area contributed by atoms with Crippen molar-refractivity contribution in [2.45, 2.75) is 63.9 Å². The van der Waals surface area contributed by atoms with Crippen molar-refractivity contribution in [3.8, 4) is 11.1 Å². The number of fused-ring (bicyclic) bond motifs is 1. The molecule has 3 rings (SSSR count). The van der Waals surface area contributed by atoms with Gasteiger partial charge in [0.2, 0.25) is 0 Å². The first kappa shape index (κ1) is 18.6. The number of aryl methyl sites for hydroxylation is 1. The van der Waals surface area contributed by atoms with E-state index < -0.39 is 0 Å². The molecule has 126 valence electrons. The maximum atomic E-state index is 2.40. The molecule has 0 saturated carbocycles. The van der Waals surface area contributed by atoms with Crippen LogP contribution in [0.1, 0.15) is 74.0 Å². The molecular formula is C24H29Li. The van der Waals surface area contributed by atoms with Gasteiger partial charge in [0, 0.05) is 0 Å². The molecule has 0 heterocycles. The van der Waals surface area contributed by atoms with Crippen molar-refractivity contribution in [1.82, 2.24) is 0 Å². The maximum absolute atomic E-state index is 2.40. The van der Waals surface area contributed by atoms with Gasteiger partial charge in [-0.25, -0.2) is 0 Å². The van der Waals surface area contributed by atoms with E-state index in [0.717, 1.165) is 0 Å². The fourth-order valence-corrected chi connectivity index (χ4v) is 3.62. The average Bonchev–Trinajstić information content (AvgIpc) is 2.85. The second kappa shape index (κ2) is 6.19. The minimum atomic E-state index is 0.145. The Morgan fingerprint density at radius 1 is 0.800 bits per heavy atom. The van der Waals surface area contributed by atoms with E-state index in [1.807, 2.05) is 0 Å². The van der Waals surface area contributed by atoms with E-state index in [1.165, 1.54) is 38.9 Å². The van der Waals surface area contributed by atoms with Gasteiger partial charge < -0.3 is 0 Å². The molecule has 0 spiro atoms. The fraction of sp³-hybridized carbons (Fsp3) is 0.417. The topological polar surface area (TPSA) is 0 Å². The molecule has 0 fully saturated rings. The predicted molar refractivity (Wildman–Crippen MR) is 112 cm³/mol. The van der Waals surface area contributed by atoms with Crippen LogP contribution in [0.3, 0.4) is 0 Å². The molecule has 1 aliphatic carbocycles. The van der Waals surface area contributed by atoms with Crippen LogP contribution in [0.25, 0.3) is 17.2 Å². The Balaban J connectivity index is 2.29. The Labute approximate surface area is 162 Å². The van der Waals surface area contributed by atoms with Gasteiger partial charge in [-0.1, -0.05) is 0 Å². The summed E-state index contributed by atoms with van der Waals surface area (Å²) in [6.45, 7) is 16.1. The summed E-state index contributed by atoms with van der Waals surface area (Å²) >= 11 is 2.29. The second-order valence-electron chi connectivity index (χ2n) is 9.76. The van der Waals surface area contributed by atoms with Crippen molar-refractivity contribution < 1.29 is 0 Å². The van der Waals surface area contributed by atoms with Crippen molar-refractivity contribution >= 4 is 23.8 Å². The molecule has 0 aliphatic heterocycles. The molecule has 25 heavy (non-hydrogen) atoms. The van der Waals surface area contributed by atoms with Gasteiger partial charge in [-0.3, -0.25) is 0 Å². The van der Waals surface area contributed by atoms with Crippen LogP contribution in [-0.2, 0) is 10.8 Å². The van der Waals surface area contributed by atoms with Crippen LogP contribution >= 0.6 is 0 Å². The van der Waals surface area contributed by atoms with E-state index in [-0.39, 0.29) is 10.8 Å². The minimum absolute atomic E-state index is 0.145. The molecule has 1 unspecified atom stereocenters. The van der Waals surface area contributed by atoms with Gasteiger partial charge in [0.1, 0.15) is 0 Å². The van der Waals surface area contributed by atoms with Gasteiger partial charge in [-0.2, -0.15) is 0 Å². The summed E-state index contributed by atoms with van der Waals surface area (Å²) in [5, 5.41) is 0. The Bertz CT molecular complexity index is 809. The Morgan fingerprint density at radius 2 is 1.36 bits per heavy atom. The molecule has 1 heteroatoms. The SMILES string of the molecule is [Li][CH]1C=Cc2c(-c3cc(C(C)(C)C)cc(C(C)(C)C)c3)cc(C)cc21. The van der Waals surface area contributed by atoms with Gasteiger partial charge in [-0.15, -0.1) is 0 Å². The molecule has 2 aromatic rings. The number of hydrogen-bond donors (Lipinski definition) is 0. The second-order valence-corrected chi connectivity index (χ2v) is 9.76. The van der Waals surface area contributed by atoms with Gasteiger partial charge in [0.05, 0.1) is 0 Å². The van der Waals surface area contributed by atoms with Crippen molar-refractivity contribution in [1.29, 1.82) is 0 Å². The van der Waals surface area contributed by atoms with Crippen molar-refractivity contribution in [3.05, 3.63) is 64.2 Å². The monoisotopic (exact) mass is 324 g/mol. The normalized spacial score (nSPS) is 17.1. The molecule has 0 bridgehead atoms. The van der Waals surface area contributed by atoms with E-state index in [0.29, 0.717) is 4.59 Å². The van der Waals surface area contributed by atoms with Crippen LogP contribution in [0.2, 0.25) is 0 Å². The summed E-state index contributed by atoms with van der Waals surface area (Å²) in [6, 6.07) is 11.9. The summed E-state index contributed by atoms with van der Waals surface area (Å²) in [7, 11) is 0. The zero-order valence-electron chi connectivity index (χ0n) is 17.1. The summed E-state index contributed by atoms with van der Waals surface area (Å²) in [5.74, 6) is 0. The Morgan fingerprint density at radius 3 is 1.88 bits per heavy atom. The summed E-state index contributed by atoms with van der Waals surface area (Å²) in [4.78, 5) is 0. The standard InChI is InChI=1S/C24H29.Li/c1-16-11-17-9-8-10-21(17)22(12-16)18-13-19(23(2,3)4)15-20(14-18)24(5,6)7;/h8-15H,1-7H3;. The van der Waals surface area contributed by atoms with Crippen LogP contribution in [0.15, 0.2) is 36.4 Å². The first-order chi connectivity index (χ1) is 11.5. The van der Waals surface area contributed by atoms with Crippen LogP contribution in [0.5, 0.6) is 0 Å². The molecule has 0 amide bonds. The van der Waals surface area contributed by atoms with Crippen molar-refractivity contribution in [3.63, 3.8) is 0 Å². The summed E-state index contributed by atoms with van der Waals surface area (Å²) < 4.78 is 0.515. The third-order valence-corrected chi connectivity index (χ3v) is 5.37. The molecule has 0 nitrogen and oxygen atoms in total. The number of benzene rings is 2. The summed E-state index contributed by atoms with van der Waals surface area (Å²) in [5.41, 5.74) is 10.1. The third kappa shape index (κ3) is 3.67. The number of hydrogen-bond acceptors (Lipinski definition) is 0. The van der Waals surface area contributed by atoms with E-state index >= 15 is 0 Å². The van der Waals surface area contributed by atoms with Crippen molar-refractivity contribution in [2.24, 2.45) is 0 Å². The third-order valence-electron chi connectivity index (χ3n) is 5.37. The van der Waals surface area contributed by atoms with Crippen molar-refractivity contribution in [2.75, 3.05) is 0 Å². The van der Waals surface area contributed by atoms with E-state index in [2.05, 4.69) is 109 Å². The van der Waals surface area contributed by atoms with E-state index in [4.69, 9.17) is 0 Å². The quantitative estimate of drug-likeness (QED) is 0.526. The van der Waals surface area contributed by atoms with Crippen LogP contribution in [0.4, 0.5) is 0 Å². The Kier molecular flexibility index (Phi) is 4.60. The zero-order valence-corrected chi connectivity index (χ0v) is 17.1. The molecule has 2 aromatic carbocycles. The van der Waals surface area contributed by atoms with Crippen LogP contribution in [-0.4, -0.2) is 17.7 Å². The molecule has 1 atom stereocenters. The zero-order chi connectivity index (χ0) is 18.6. The average molecular weight is 324 g/mol. The molecule has 1 aliphatic rings. The van der Waals surface area contributed by atoms with Gasteiger partial charge >= 0.3 is 163 Å². The molecule has 0 aromatic heterocycles. The molecular weight excluding hydrogens is 295 g/mol. The van der Waals surface area contributed by atoms with Crippen LogP contribution in [0, 0.1) is 6.92 Å². The number of rotatable bonds is 1. The van der Waals surface area contributed by atoms with Gasteiger partial charge in [0.25, 0.3) is 0 Å². The van der Waals surface area contributed by atoms with E-state index in [9.17, 15) is 0 Å². The van der Waals surface area contributed by atoms with Gasteiger partial charge in [0.15, 0.2) is 0 Å².